The van der Waals surface area contributed by atoms with Gasteiger partial charge in [0.2, 0.25) is 11.8 Å². The maximum Gasteiger partial charge on any atom is 0.225 e. The molecule has 0 aliphatic carbocycles. The van der Waals surface area contributed by atoms with Crippen molar-refractivity contribution in [3.8, 4) is 5.75 Å². The van der Waals surface area contributed by atoms with Gasteiger partial charge < -0.3 is 19.9 Å². The Kier molecular flexibility index (Phi) is 5.58. The second kappa shape index (κ2) is 7.87. The van der Waals surface area contributed by atoms with Gasteiger partial charge in [0.15, 0.2) is 0 Å². The van der Waals surface area contributed by atoms with Crippen LogP contribution in [0.5, 0.6) is 5.75 Å². The first-order chi connectivity index (χ1) is 12.0. The van der Waals surface area contributed by atoms with Crippen LogP contribution in [0, 0.1) is 5.92 Å². The highest BCUT2D eigenvalue weighted by Crippen LogP contribution is 2.22. The quantitative estimate of drug-likeness (QED) is 0.873. The fourth-order valence-electron chi connectivity index (χ4n) is 3.66. The molecule has 0 bridgehead atoms. The Morgan fingerprint density at radius 2 is 2.04 bits per heavy atom. The maximum absolute atomic E-state index is 12.5. The van der Waals surface area contributed by atoms with Crippen molar-refractivity contribution in [3.05, 3.63) is 29.8 Å². The fraction of sp³-hybridized carbons (Fsp3) is 0.579. The monoisotopic (exact) mass is 345 g/mol. The number of methoxy groups -OCH3 is 1. The number of carbonyl (C=O) groups excluding carboxylic acids is 2. The van der Waals surface area contributed by atoms with Crippen LogP contribution in [0.3, 0.4) is 0 Å². The number of benzene rings is 1. The minimum Gasteiger partial charge on any atom is -0.497 e. The molecule has 0 radical (unpaired) electrons. The van der Waals surface area contributed by atoms with Crippen molar-refractivity contribution >= 4 is 11.8 Å². The second-order valence-corrected chi connectivity index (χ2v) is 7.13. The van der Waals surface area contributed by atoms with E-state index in [4.69, 9.17) is 4.74 Å². The Morgan fingerprint density at radius 3 is 2.72 bits per heavy atom. The largest absolute Gasteiger partial charge is 0.497 e. The Labute approximate surface area is 149 Å². The first-order valence-corrected chi connectivity index (χ1v) is 8.95. The average Bonchev–Trinajstić information content (AvgIpc) is 2.96. The van der Waals surface area contributed by atoms with Crippen molar-refractivity contribution in [2.45, 2.75) is 31.8 Å². The van der Waals surface area contributed by atoms with Gasteiger partial charge in [-0.15, -0.1) is 0 Å². The average molecular weight is 345 g/mol. The van der Waals surface area contributed by atoms with Crippen LogP contribution in [0.15, 0.2) is 24.3 Å². The van der Waals surface area contributed by atoms with Gasteiger partial charge >= 0.3 is 0 Å². The molecule has 136 valence electrons. The van der Waals surface area contributed by atoms with E-state index in [1.54, 1.807) is 12.0 Å². The van der Waals surface area contributed by atoms with Gasteiger partial charge in [-0.3, -0.25) is 9.59 Å². The zero-order valence-corrected chi connectivity index (χ0v) is 15.0. The van der Waals surface area contributed by atoms with Gasteiger partial charge in [0.05, 0.1) is 13.0 Å². The van der Waals surface area contributed by atoms with Gasteiger partial charge in [-0.05, 0) is 44.1 Å². The summed E-state index contributed by atoms with van der Waals surface area (Å²) in [5, 5.41) is 3.14. The topological polar surface area (TPSA) is 61.9 Å². The summed E-state index contributed by atoms with van der Waals surface area (Å²) in [5.41, 5.74) is 1.05. The van der Waals surface area contributed by atoms with E-state index in [-0.39, 0.29) is 23.8 Å². The molecule has 6 nitrogen and oxygen atoms in total. The van der Waals surface area contributed by atoms with E-state index in [9.17, 15) is 9.59 Å². The molecule has 1 aromatic rings. The van der Waals surface area contributed by atoms with Crippen LogP contribution in [-0.4, -0.2) is 61.4 Å². The lowest BCUT2D eigenvalue weighted by Gasteiger charge is -2.30. The number of likely N-dealkylation sites (tertiary alicyclic amines) is 2. The third kappa shape index (κ3) is 4.51. The van der Waals surface area contributed by atoms with Gasteiger partial charge in [0, 0.05) is 32.1 Å². The lowest BCUT2D eigenvalue weighted by molar-refractivity contribution is -0.129. The van der Waals surface area contributed by atoms with Crippen LogP contribution in [0.1, 0.15) is 24.8 Å². The fourth-order valence-corrected chi connectivity index (χ4v) is 3.66. The minimum atomic E-state index is -0.238. The van der Waals surface area contributed by atoms with Crippen molar-refractivity contribution < 1.29 is 14.3 Å². The number of ether oxygens (including phenoxy) is 1. The highest BCUT2D eigenvalue weighted by atomic mass is 16.5. The summed E-state index contributed by atoms with van der Waals surface area (Å²) >= 11 is 0. The van der Waals surface area contributed by atoms with Crippen molar-refractivity contribution in [1.29, 1.82) is 0 Å². The molecular weight excluding hydrogens is 318 g/mol. The maximum atomic E-state index is 12.5. The number of likely N-dealkylation sites (N-methyl/N-ethyl adjacent to an activating group) is 1. The van der Waals surface area contributed by atoms with Crippen LogP contribution in [0.4, 0.5) is 0 Å². The van der Waals surface area contributed by atoms with Crippen LogP contribution >= 0.6 is 0 Å². The van der Waals surface area contributed by atoms with E-state index in [0.717, 1.165) is 37.2 Å². The van der Waals surface area contributed by atoms with E-state index in [1.165, 1.54) is 0 Å². The molecule has 25 heavy (non-hydrogen) atoms. The molecule has 2 saturated heterocycles. The lowest BCUT2D eigenvalue weighted by Crippen LogP contribution is -2.48. The van der Waals surface area contributed by atoms with Gasteiger partial charge in [0.25, 0.3) is 0 Å². The predicted octanol–water partition coefficient (Wildman–Crippen LogP) is 1.25. The number of hydrogen-bond acceptors (Lipinski definition) is 4. The molecule has 3 rings (SSSR count). The highest BCUT2D eigenvalue weighted by molar-refractivity contribution is 5.89. The number of rotatable bonds is 5. The molecule has 0 unspecified atom stereocenters. The van der Waals surface area contributed by atoms with Crippen LogP contribution in [0.25, 0.3) is 0 Å². The van der Waals surface area contributed by atoms with Crippen molar-refractivity contribution in [2.24, 2.45) is 5.92 Å². The first-order valence-electron chi connectivity index (χ1n) is 8.95. The summed E-state index contributed by atoms with van der Waals surface area (Å²) in [5.74, 6) is 0.631. The molecule has 2 heterocycles. The van der Waals surface area contributed by atoms with E-state index >= 15 is 0 Å². The Balaban J connectivity index is 1.53. The normalized spacial score (nSPS) is 24.4. The molecule has 1 aromatic carbocycles. The molecule has 0 spiro atoms. The molecule has 2 amide bonds. The standard InChI is InChI=1S/C19H27N3O3/c1-21-9-3-4-16(13-21)20-19(24)15-10-18(23)22(12-15)11-14-5-7-17(25-2)8-6-14/h5-8,15-16H,3-4,9-13H2,1-2H3,(H,20,24)/t15-,16+/m0/s1. The van der Waals surface area contributed by atoms with Crippen molar-refractivity contribution in [3.63, 3.8) is 0 Å². The van der Waals surface area contributed by atoms with Gasteiger partial charge in [0.1, 0.15) is 5.75 Å². The summed E-state index contributed by atoms with van der Waals surface area (Å²) < 4.78 is 5.15. The zero-order chi connectivity index (χ0) is 17.8. The summed E-state index contributed by atoms with van der Waals surface area (Å²) in [6.45, 7) is 3.02. The number of carbonyl (C=O) groups is 2. The zero-order valence-electron chi connectivity index (χ0n) is 15.0. The Morgan fingerprint density at radius 1 is 1.28 bits per heavy atom. The number of nitrogens with one attached hydrogen (secondary N) is 1. The number of nitrogens with zero attached hydrogens (tertiary/aromatic N) is 2. The molecule has 2 fully saturated rings. The molecule has 1 N–H and O–H groups in total. The molecule has 2 aliphatic rings. The number of hydrogen-bond donors (Lipinski definition) is 1. The van der Waals surface area contributed by atoms with Crippen LogP contribution in [0.2, 0.25) is 0 Å². The van der Waals surface area contributed by atoms with Crippen LogP contribution in [-0.2, 0) is 16.1 Å². The Bertz CT molecular complexity index is 617. The summed E-state index contributed by atoms with van der Waals surface area (Å²) in [6.07, 6.45) is 2.44. The summed E-state index contributed by atoms with van der Waals surface area (Å²) in [4.78, 5) is 28.8. The van der Waals surface area contributed by atoms with Gasteiger partial charge in [-0.2, -0.15) is 0 Å². The summed E-state index contributed by atoms with van der Waals surface area (Å²) in [7, 11) is 3.71. The van der Waals surface area contributed by atoms with Crippen LogP contribution < -0.4 is 10.1 Å². The SMILES string of the molecule is COc1ccc(CN2C[C@@H](C(=O)N[C@@H]3CCCN(C)C3)CC2=O)cc1. The third-order valence-electron chi connectivity index (χ3n) is 5.09. The second-order valence-electron chi connectivity index (χ2n) is 7.13. The van der Waals surface area contributed by atoms with E-state index in [1.807, 2.05) is 24.3 Å². The van der Waals surface area contributed by atoms with Gasteiger partial charge in [-0.25, -0.2) is 0 Å². The smallest absolute Gasteiger partial charge is 0.225 e. The van der Waals surface area contributed by atoms with Gasteiger partial charge in [-0.1, -0.05) is 12.1 Å². The first kappa shape index (κ1) is 17.7. The molecule has 2 atom stereocenters. The molecule has 0 saturated carbocycles. The predicted molar refractivity (Wildman–Crippen MR) is 95.2 cm³/mol. The van der Waals surface area contributed by atoms with E-state index in [2.05, 4.69) is 17.3 Å². The molecule has 6 heteroatoms. The number of amides is 2. The minimum absolute atomic E-state index is 0.0193. The number of piperidine rings is 1. The molecule has 2 aliphatic heterocycles. The summed E-state index contributed by atoms with van der Waals surface area (Å²) in [6, 6.07) is 7.89. The van der Waals surface area contributed by atoms with E-state index < -0.39 is 0 Å². The van der Waals surface area contributed by atoms with E-state index in [0.29, 0.717) is 19.5 Å². The Hall–Kier alpha value is -2.08. The third-order valence-corrected chi connectivity index (χ3v) is 5.09. The molecular formula is C19H27N3O3. The highest BCUT2D eigenvalue weighted by Gasteiger charge is 2.35. The molecule has 0 aromatic heterocycles. The van der Waals surface area contributed by atoms with Crippen molar-refractivity contribution in [2.75, 3.05) is 33.8 Å². The lowest BCUT2D eigenvalue weighted by atomic mass is 10.0. The van der Waals surface area contributed by atoms with Crippen molar-refractivity contribution in [1.82, 2.24) is 15.1 Å².